The van der Waals surface area contributed by atoms with Crippen LogP contribution in [0.2, 0.25) is 10.0 Å². The zero-order valence-electron chi connectivity index (χ0n) is 17.1. The summed E-state index contributed by atoms with van der Waals surface area (Å²) in [5, 5.41) is 4.34. The second-order valence-corrected chi connectivity index (χ2v) is 10.2. The molecule has 0 saturated carbocycles. The summed E-state index contributed by atoms with van der Waals surface area (Å²) in [6.45, 7) is 5.66. The third kappa shape index (κ3) is 4.49. The van der Waals surface area contributed by atoms with Gasteiger partial charge in [0.15, 0.2) is 0 Å². The first kappa shape index (κ1) is 22.2. The Kier molecular flexibility index (Phi) is 6.37. The molecule has 1 saturated heterocycles. The molecule has 0 N–H and O–H groups in total. The van der Waals surface area contributed by atoms with E-state index in [0.717, 1.165) is 11.1 Å². The Labute approximate surface area is 191 Å². The largest absolute Gasteiger partial charge is 0.337 e. The van der Waals surface area contributed by atoms with E-state index in [4.69, 9.17) is 27.7 Å². The molecule has 3 aromatic rings. The SMILES string of the molecule is Cc1ccc(-c2noc([C@H](C)N3CCN(S(=O)(=O)c4c(Cl)cccc4Cl)CC3)n2)cc1. The van der Waals surface area contributed by atoms with Gasteiger partial charge in [0, 0.05) is 31.7 Å². The highest BCUT2D eigenvalue weighted by atomic mass is 35.5. The predicted octanol–water partition coefficient (Wildman–Crippen LogP) is 4.42. The van der Waals surface area contributed by atoms with Gasteiger partial charge in [0.25, 0.3) is 0 Å². The Hall–Kier alpha value is -1.97. The zero-order chi connectivity index (χ0) is 22.2. The van der Waals surface area contributed by atoms with E-state index < -0.39 is 10.0 Å². The van der Waals surface area contributed by atoms with Crippen LogP contribution >= 0.6 is 23.2 Å². The predicted molar refractivity (Wildman–Crippen MR) is 120 cm³/mol. The van der Waals surface area contributed by atoms with Crippen molar-refractivity contribution in [1.82, 2.24) is 19.3 Å². The number of benzene rings is 2. The van der Waals surface area contributed by atoms with Crippen LogP contribution in [0.15, 0.2) is 51.9 Å². The van der Waals surface area contributed by atoms with Crippen molar-refractivity contribution in [2.45, 2.75) is 24.8 Å². The number of aromatic nitrogens is 2. The van der Waals surface area contributed by atoms with E-state index in [1.807, 2.05) is 38.1 Å². The summed E-state index contributed by atoms with van der Waals surface area (Å²) in [6.07, 6.45) is 0. The van der Waals surface area contributed by atoms with E-state index >= 15 is 0 Å². The van der Waals surface area contributed by atoms with Gasteiger partial charge in [-0.2, -0.15) is 9.29 Å². The second kappa shape index (κ2) is 8.88. The van der Waals surface area contributed by atoms with Crippen LogP contribution in [-0.4, -0.2) is 53.9 Å². The van der Waals surface area contributed by atoms with Gasteiger partial charge in [-0.05, 0) is 26.0 Å². The number of hydrogen-bond acceptors (Lipinski definition) is 6. The van der Waals surface area contributed by atoms with Crippen LogP contribution < -0.4 is 0 Å². The van der Waals surface area contributed by atoms with Crippen molar-refractivity contribution in [3.63, 3.8) is 0 Å². The van der Waals surface area contributed by atoms with Crippen molar-refractivity contribution in [2.24, 2.45) is 0 Å². The lowest BCUT2D eigenvalue weighted by atomic mass is 10.1. The molecule has 0 spiro atoms. The van der Waals surface area contributed by atoms with E-state index in [2.05, 4.69) is 15.0 Å². The molecule has 0 amide bonds. The standard InChI is InChI=1S/C21H22Cl2N4O3S/c1-14-6-8-16(9-7-14)20-24-21(30-25-20)15(2)26-10-12-27(13-11-26)31(28,29)19-17(22)4-3-5-18(19)23/h3-9,15H,10-13H2,1-2H3/t15-/m0/s1. The Bertz CT molecular complexity index is 1150. The molecule has 0 unspecified atom stereocenters. The summed E-state index contributed by atoms with van der Waals surface area (Å²) in [5.41, 5.74) is 2.05. The lowest BCUT2D eigenvalue weighted by molar-refractivity contribution is 0.124. The number of piperazine rings is 1. The third-order valence-corrected chi connectivity index (χ3v) is 8.30. The van der Waals surface area contributed by atoms with Crippen molar-refractivity contribution in [1.29, 1.82) is 0 Å². The molecule has 2 heterocycles. The lowest BCUT2D eigenvalue weighted by Crippen LogP contribution is -2.49. The van der Waals surface area contributed by atoms with E-state index in [0.29, 0.717) is 37.9 Å². The highest BCUT2D eigenvalue weighted by Crippen LogP contribution is 2.32. The summed E-state index contributed by atoms with van der Waals surface area (Å²) < 4.78 is 33.0. The Morgan fingerprint density at radius 3 is 2.23 bits per heavy atom. The van der Waals surface area contributed by atoms with E-state index in [-0.39, 0.29) is 21.0 Å². The molecular formula is C21H22Cl2N4O3S. The van der Waals surface area contributed by atoms with Crippen LogP contribution in [0.5, 0.6) is 0 Å². The monoisotopic (exact) mass is 480 g/mol. The number of sulfonamides is 1. The van der Waals surface area contributed by atoms with Crippen LogP contribution in [0, 0.1) is 6.92 Å². The summed E-state index contributed by atoms with van der Waals surface area (Å²) in [6, 6.07) is 12.5. The molecular weight excluding hydrogens is 459 g/mol. The highest BCUT2D eigenvalue weighted by Gasteiger charge is 2.34. The minimum absolute atomic E-state index is 0.0422. The third-order valence-electron chi connectivity index (χ3n) is 5.45. The topological polar surface area (TPSA) is 79.5 Å². The van der Waals surface area contributed by atoms with E-state index in [9.17, 15) is 8.42 Å². The van der Waals surface area contributed by atoms with Gasteiger partial charge in [0.1, 0.15) is 4.90 Å². The average Bonchev–Trinajstić information content (AvgIpc) is 3.24. The summed E-state index contributed by atoms with van der Waals surface area (Å²) in [4.78, 5) is 6.61. The van der Waals surface area contributed by atoms with Crippen molar-refractivity contribution in [2.75, 3.05) is 26.2 Å². The van der Waals surface area contributed by atoms with Crippen molar-refractivity contribution in [3.05, 3.63) is 64.0 Å². The number of aryl methyl sites for hydroxylation is 1. The number of hydrogen-bond donors (Lipinski definition) is 0. The van der Waals surface area contributed by atoms with Crippen LogP contribution in [0.4, 0.5) is 0 Å². The maximum absolute atomic E-state index is 13.1. The first-order valence-electron chi connectivity index (χ1n) is 9.86. The number of halogens is 2. The quantitative estimate of drug-likeness (QED) is 0.537. The van der Waals surface area contributed by atoms with Gasteiger partial charge in [-0.15, -0.1) is 0 Å². The molecule has 1 aromatic heterocycles. The molecule has 1 aliphatic rings. The normalized spacial score (nSPS) is 17.0. The molecule has 4 rings (SSSR count). The van der Waals surface area contributed by atoms with Crippen molar-refractivity contribution >= 4 is 33.2 Å². The van der Waals surface area contributed by atoms with Crippen molar-refractivity contribution < 1.29 is 12.9 Å². The molecule has 1 fully saturated rings. The molecule has 0 aliphatic carbocycles. The van der Waals surface area contributed by atoms with Gasteiger partial charge >= 0.3 is 0 Å². The smallest absolute Gasteiger partial charge is 0.246 e. The van der Waals surface area contributed by atoms with Crippen LogP contribution in [-0.2, 0) is 10.0 Å². The highest BCUT2D eigenvalue weighted by molar-refractivity contribution is 7.89. The van der Waals surface area contributed by atoms with E-state index in [1.165, 1.54) is 16.4 Å². The van der Waals surface area contributed by atoms with Crippen LogP contribution in [0.25, 0.3) is 11.4 Å². The van der Waals surface area contributed by atoms with Crippen LogP contribution in [0.1, 0.15) is 24.4 Å². The van der Waals surface area contributed by atoms with Gasteiger partial charge in [-0.3, -0.25) is 4.90 Å². The maximum Gasteiger partial charge on any atom is 0.246 e. The fourth-order valence-electron chi connectivity index (χ4n) is 3.57. The Morgan fingerprint density at radius 2 is 1.61 bits per heavy atom. The minimum Gasteiger partial charge on any atom is -0.337 e. The van der Waals surface area contributed by atoms with Gasteiger partial charge in [0.05, 0.1) is 16.1 Å². The molecule has 10 heteroatoms. The Balaban J connectivity index is 1.45. The second-order valence-electron chi connectivity index (χ2n) is 7.49. The fourth-order valence-corrected chi connectivity index (χ4v) is 6.08. The summed E-state index contributed by atoms with van der Waals surface area (Å²) >= 11 is 12.3. The zero-order valence-corrected chi connectivity index (χ0v) is 19.5. The lowest BCUT2D eigenvalue weighted by Gasteiger charge is -2.36. The van der Waals surface area contributed by atoms with Crippen molar-refractivity contribution in [3.8, 4) is 11.4 Å². The van der Waals surface area contributed by atoms with Gasteiger partial charge < -0.3 is 4.52 Å². The molecule has 0 bridgehead atoms. The molecule has 1 atom stereocenters. The minimum atomic E-state index is -3.78. The van der Waals surface area contributed by atoms with Gasteiger partial charge in [-0.1, -0.05) is 64.3 Å². The molecule has 1 aliphatic heterocycles. The van der Waals surface area contributed by atoms with E-state index in [1.54, 1.807) is 6.07 Å². The van der Waals surface area contributed by atoms with Gasteiger partial charge in [0.2, 0.25) is 21.7 Å². The fraction of sp³-hybridized carbons (Fsp3) is 0.333. The first-order chi connectivity index (χ1) is 14.8. The summed E-state index contributed by atoms with van der Waals surface area (Å²) in [7, 11) is -3.78. The number of nitrogens with zero attached hydrogens (tertiary/aromatic N) is 4. The number of rotatable bonds is 5. The van der Waals surface area contributed by atoms with Gasteiger partial charge in [-0.25, -0.2) is 8.42 Å². The molecule has 0 radical (unpaired) electrons. The summed E-state index contributed by atoms with van der Waals surface area (Å²) in [5.74, 6) is 1.04. The Morgan fingerprint density at radius 1 is 1.00 bits per heavy atom. The van der Waals surface area contributed by atoms with Crippen LogP contribution in [0.3, 0.4) is 0 Å². The molecule has 164 valence electrons. The average molecular weight is 481 g/mol. The first-order valence-corrected chi connectivity index (χ1v) is 12.1. The molecule has 2 aromatic carbocycles. The molecule has 31 heavy (non-hydrogen) atoms. The maximum atomic E-state index is 13.1. The molecule has 7 nitrogen and oxygen atoms in total.